The zero-order chi connectivity index (χ0) is 20.9. The summed E-state index contributed by atoms with van der Waals surface area (Å²) in [6.07, 6.45) is 0. The Morgan fingerprint density at radius 3 is 1.97 bits per heavy atom. The molecule has 10 heteroatoms. The van der Waals surface area contributed by atoms with Crippen LogP contribution < -0.4 is 16.4 Å². The molecular weight excluding hydrogens is 422 g/mol. The van der Waals surface area contributed by atoms with Gasteiger partial charge in [-0.05, 0) is 35.0 Å². The molecule has 1 amide bonds. The molecule has 152 valence electrons. The third kappa shape index (κ3) is 4.61. The smallest absolute Gasteiger partial charge is 0.267 e. The van der Waals surface area contributed by atoms with Gasteiger partial charge in [-0.1, -0.05) is 12.1 Å². The molecule has 4 aromatic rings. The third-order valence-corrected chi connectivity index (χ3v) is 6.00. The standard InChI is InChI=1S/C20H17N5O3S2/c26-18(13-25-20(28)8-6-15(23-25)17-4-2-12-30-17)21-9-10-24-19(27)7-5-14(22-24)16-3-1-11-29-16/h1-8,11-12H,9-10,13H2,(H,21,26). The molecule has 0 aliphatic heterocycles. The minimum atomic E-state index is -0.365. The van der Waals surface area contributed by atoms with Crippen LogP contribution in [0.15, 0.2) is 68.9 Å². The first-order valence-electron chi connectivity index (χ1n) is 9.11. The maximum Gasteiger partial charge on any atom is 0.267 e. The van der Waals surface area contributed by atoms with Crippen molar-refractivity contribution in [2.24, 2.45) is 0 Å². The topological polar surface area (TPSA) is 98.9 Å². The van der Waals surface area contributed by atoms with E-state index in [1.165, 1.54) is 39.5 Å². The van der Waals surface area contributed by atoms with Gasteiger partial charge in [0.25, 0.3) is 11.1 Å². The number of hydrogen-bond acceptors (Lipinski definition) is 7. The molecule has 0 saturated heterocycles. The molecule has 0 aromatic carbocycles. The molecule has 8 nitrogen and oxygen atoms in total. The molecular formula is C20H17N5O3S2. The van der Waals surface area contributed by atoms with Gasteiger partial charge in [0.1, 0.15) is 17.9 Å². The van der Waals surface area contributed by atoms with E-state index in [9.17, 15) is 14.4 Å². The van der Waals surface area contributed by atoms with Crippen LogP contribution in [0.25, 0.3) is 21.1 Å². The van der Waals surface area contributed by atoms with Gasteiger partial charge in [0.05, 0.1) is 16.3 Å². The van der Waals surface area contributed by atoms with E-state index in [1.807, 2.05) is 35.0 Å². The molecule has 0 radical (unpaired) electrons. The van der Waals surface area contributed by atoms with E-state index in [2.05, 4.69) is 15.5 Å². The van der Waals surface area contributed by atoms with E-state index in [4.69, 9.17) is 0 Å². The molecule has 0 spiro atoms. The van der Waals surface area contributed by atoms with Crippen molar-refractivity contribution in [3.05, 3.63) is 80.0 Å². The molecule has 0 aliphatic carbocycles. The number of hydrogen-bond donors (Lipinski definition) is 1. The molecule has 0 fully saturated rings. The van der Waals surface area contributed by atoms with Gasteiger partial charge in [-0.3, -0.25) is 14.4 Å². The Balaban J connectivity index is 1.38. The Bertz CT molecular complexity index is 1260. The third-order valence-electron chi connectivity index (χ3n) is 4.22. The van der Waals surface area contributed by atoms with Crippen LogP contribution in [-0.2, 0) is 17.9 Å². The van der Waals surface area contributed by atoms with Crippen LogP contribution in [0.5, 0.6) is 0 Å². The van der Waals surface area contributed by atoms with Gasteiger partial charge in [-0.2, -0.15) is 10.2 Å². The Kier molecular flexibility index (Phi) is 5.96. The first kappa shape index (κ1) is 19.9. The van der Waals surface area contributed by atoms with Crippen LogP contribution in [0.3, 0.4) is 0 Å². The summed E-state index contributed by atoms with van der Waals surface area (Å²) in [6.45, 7) is 0.232. The van der Waals surface area contributed by atoms with E-state index in [0.29, 0.717) is 11.4 Å². The molecule has 0 aliphatic rings. The second-order valence-corrected chi connectivity index (χ2v) is 8.19. The summed E-state index contributed by atoms with van der Waals surface area (Å²) in [5, 5.41) is 15.2. The van der Waals surface area contributed by atoms with Gasteiger partial charge in [0.15, 0.2) is 0 Å². The Hall–Kier alpha value is -3.37. The molecule has 1 N–H and O–H groups in total. The summed E-state index contributed by atoms with van der Waals surface area (Å²) in [5.41, 5.74) is 0.744. The van der Waals surface area contributed by atoms with Crippen molar-refractivity contribution in [1.82, 2.24) is 24.9 Å². The molecule has 0 bridgehead atoms. The van der Waals surface area contributed by atoms with Gasteiger partial charge < -0.3 is 5.32 Å². The maximum atomic E-state index is 12.3. The lowest BCUT2D eigenvalue weighted by atomic mass is 10.3. The van der Waals surface area contributed by atoms with Crippen molar-refractivity contribution in [3.8, 4) is 21.1 Å². The van der Waals surface area contributed by atoms with Crippen LogP contribution in [0.4, 0.5) is 0 Å². The summed E-state index contributed by atoms with van der Waals surface area (Å²) in [4.78, 5) is 38.2. The number of aromatic nitrogens is 4. The molecule has 0 saturated carbocycles. The van der Waals surface area contributed by atoms with Crippen LogP contribution in [0, 0.1) is 0 Å². The highest BCUT2D eigenvalue weighted by Crippen LogP contribution is 2.21. The second-order valence-electron chi connectivity index (χ2n) is 6.30. The molecule has 4 rings (SSSR count). The largest absolute Gasteiger partial charge is 0.353 e. The Labute approximate surface area is 179 Å². The molecule has 4 heterocycles. The number of nitrogens with zero attached hydrogens (tertiary/aromatic N) is 4. The highest BCUT2D eigenvalue weighted by Gasteiger charge is 2.09. The number of nitrogens with one attached hydrogen (secondary N) is 1. The zero-order valence-corrected chi connectivity index (χ0v) is 17.4. The summed E-state index contributed by atoms with van der Waals surface area (Å²) in [6, 6.07) is 13.8. The Morgan fingerprint density at radius 2 is 1.40 bits per heavy atom. The zero-order valence-electron chi connectivity index (χ0n) is 15.7. The van der Waals surface area contributed by atoms with Crippen molar-refractivity contribution >= 4 is 28.6 Å². The molecule has 30 heavy (non-hydrogen) atoms. The van der Waals surface area contributed by atoms with E-state index < -0.39 is 0 Å². The van der Waals surface area contributed by atoms with Gasteiger partial charge >= 0.3 is 0 Å². The van der Waals surface area contributed by atoms with E-state index in [1.54, 1.807) is 12.1 Å². The predicted molar refractivity (Wildman–Crippen MR) is 117 cm³/mol. The van der Waals surface area contributed by atoms with Gasteiger partial charge in [0, 0.05) is 18.7 Å². The number of thiophene rings is 2. The van der Waals surface area contributed by atoms with Crippen LogP contribution in [0.2, 0.25) is 0 Å². The summed E-state index contributed by atoms with van der Waals surface area (Å²) >= 11 is 3.04. The van der Waals surface area contributed by atoms with Crippen molar-refractivity contribution in [3.63, 3.8) is 0 Å². The first-order valence-corrected chi connectivity index (χ1v) is 10.9. The van der Waals surface area contributed by atoms with Crippen molar-refractivity contribution in [2.45, 2.75) is 13.1 Å². The van der Waals surface area contributed by atoms with E-state index in [-0.39, 0.29) is 36.7 Å². The maximum absolute atomic E-state index is 12.3. The highest BCUT2D eigenvalue weighted by molar-refractivity contribution is 7.13. The minimum absolute atomic E-state index is 0.199. The second kappa shape index (κ2) is 8.97. The van der Waals surface area contributed by atoms with Crippen molar-refractivity contribution in [2.75, 3.05) is 6.54 Å². The molecule has 4 aromatic heterocycles. The minimum Gasteiger partial charge on any atom is -0.353 e. The van der Waals surface area contributed by atoms with Crippen molar-refractivity contribution in [1.29, 1.82) is 0 Å². The monoisotopic (exact) mass is 439 g/mol. The number of carbonyl (C=O) groups is 1. The van der Waals surface area contributed by atoms with E-state index >= 15 is 0 Å². The summed E-state index contributed by atoms with van der Waals surface area (Å²) in [7, 11) is 0. The molecule has 0 atom stereocenters. The van der Waals surface area contributed by atoms with Crippen LogP contribution in [0.1, 0.15) is 0 Å². The number of amides is 1. The predicted octanol–water partition coefficient (Wildman–Crippen LogP) is 2.07. The highest BCUT2D eigenvalue weighted by atomic mass is 32.1. The van der Waals surface area contributed by atoms with Crippen LogP contribution >= 0.6 is 22.7 Å². The average Bonchev–Trinajstić information content (AvgIpc) is 3.45. The lowest BCUT2D eigenvalue weighted by Gasteiger charge is -2.09. The lowest BCUT2D eigenvalue weighted by Crippen LogP contribution is -2.36. The summed E-state index contributed by atoms with van der Waals surface area (Å²) in [5.74, 6) is -0.365. The average molecular weight is 440 g/mol. The van der Waals surface area contributed by atoms with E-state index in [0.717, 1.165) is 14.4 Å². The SMILES string of the molecule is O=C(Cn1nc(-c2cccs2)ccc1=O)NCCn1nc(-c2cccs2)ccc1=O. The fraction of sp³-hybridized carbons (Fsp3) is 0.150. The number of carbonyl (C=O) groups excluding carboxylic acids is 1. The quantitative estimate of drug-likeness (QED) is 0.475. The Morgan fingerprint density at radius 1 is 0.833 bits per heavy atom. The number of rotatable bonds is 7. The fourth-order valence-corrected chi connectivity index (χ4v) is 4.16. The lowest BCUT2D eigenvalue weighted by molar-refractivity contribution is -0.121. The van der Waals surface area contributed by atoms with Crippen LogP contribution in [-0.4, -0.2) is 32.0 Å². The van der Waals surface area contributed by atoms with Gasteiger partial charge in [-0.15, -0.1) is 22.7 Å². The normalized spacial score (nSPS) is 10.8. The van der Waals surface area contributed by atoms with Gasteiger partial charge in [-0.25, -0.2) is 9.36 Å². The van der Waals surface area contributed by atoms with Crippen molar-refractivity contribution < 1.29 is 4.79 Å². The first-order chi connectivity index (χ1) is 14.6. The molecule has 0 unspecified atom stereocenters. The fourth-order valence-electron chi connectivity index (χ4n) is 2.78. The van der Waals surface area contributed by atoms with Gasteiger partial charge in [0.2, 0.25) is 5.91 Å². The summed E-state index contributed by atoms with van der Waals surface area (Å²) < 4.78 is 2.45.